The summed E-state index contributed by atoms with van der Waals surface area (Å²) in [6.07, 6.45) is 0. The van der Waals surface area contributed by atoms with Crippen LogP contribution in [0, 0.1) is 5.82 Å². The molecule has 0 bridgehead atoms. The Morgan fingerprint density at radius 2 is 1.95 bits per heavy atom. The summed E-state index contributed by atoms with van der Waals surface area (Å²) in [5.74, 6) is -0.205. The molecule has 19 heavy (non-hydrogen) atoms. The Bertz CT molecular complexity index is 585. The lowest BCUT2D eigenvalue weighted by Gasteiger charge is -2.19. The van der Waals surface area contributed by atoms with Crippen LogP contribution in [0.3, 0.4) is 0 Å². The van der Waals surface area contributed by atoms with Gasteiger partial charge in [0.25, 0.3) is 0 Å². The topological polar surface area (TPSA) is 12.0 Å². The van der Waals surface area contributed by atoms with Crippen molar-refractivity contribution in [2.45, 2.75) is 13.0 Å². The summed E-state index contributed by atoms with van der Waals surface area (Å²) in [7, 11) is 0. The zero-order valence-corrected chi connectivity index (χ0v) is 15.6. The van der Waals surface area contributed by atoms with Gasteiger partial charge in [0.2, 0.25) is 0 Å². The molecule has 0 fully saturated rings. The highest BCUT2D eigenvalue weighted by Gasteiger charge is 2.21. The molecule has 1 aromatic heterocycles. The number of benzene rings is 1. The Labute approximate surface area is 141 Å². The predicted octanol–water partition coefficient (Wildman–Crippen LogP) is 5.87. The molecule has 1 N–H and O–H groups in total. The molecule has 0 spiro atoms. The second-order valence-corrected chi connectivity index (χ2v) is 8.60. The van der Waals surface area contributed by atoms with Gasteiger partial charge in [-0.1, -0.05) is 22.9 Å². The third kappa shape index (κ3) is 3.67. The number of nitrogens with one attached hydrogen (secondary N) is 1. The van der Waals surface area contributed by atoms with Gasteiger partial charge in [0.15, 0.2) is 0 Å². The smallest absolute Gasteiger partial charge is 0.128 e. The molecule has 1 heterocycles. The molecule has 1 nitrogen and oxygen atoms in total. The molecule has 0 saturated heterocycles. The second kappa shape index (κ2) is 6.80. The van der Waals surface area contributed by atoms with E-state index in [2.05, 4.69) is 53.1 Å². The van der Waals surface area contributed by atoms with Crippen LogP contribution < -0.4 is 5.32 Å². The normalized spacial score (nSPS) is 12.7. The van der Waals surface area contributed by atoms with Crippen molar-refractivity contribution in [3.63, 3.8) is 0 Å². The van der Waals surface area contributed by atoms with Crippen LogP contribution in [0.25, 0.3) is 0 Å². The molecule has 2 rings (SSSR count). The van der Waals surface area contributed by atoms with E-state index in [1.165, 1.54) is 6.07 Å². The van der Waals surface area contributed by atoms with Crippen molar-refractivity contribution in [3.05, 3.63) is 53.3 Å². The van der Waals surface area contributed by atoms with Gasteiger partial charge in [0.1, 0.15) is 5.82 Å². The Morgan fingerprint density at radius 1 is 1.21 bits per heavy atom. The van der Waals surface area contributed by atoms with E-state index in [0.717, 1.165) is 24.2 Å². The zero-order valence-electron chi connectivity index (χ0n) is 10.0. The van der Waals surface area contributed by atoms with Gasteiger partial charge in [-0.15, -0.1) is 11.3 Å². The minimum atomic E-state index is -0.205. The van der Waals surface area contributed by atoms with Gasteiger partial charge < -0.3 is 5.32 Å². The first-order chi connectivity index (χ1) is 9.02. The lowest BCUT2D eigenvalue weighted by atomic mass is 10.0. The summed E-state index contributed by atoms with van der Waals surface area (Å²) in [4.78, 5) is 0. The van der Waals surface area contributed by atoms with E-state index in [4.69, 9.17) is 0 Å². The number of thiophene rings is 1. The van der Waals surface area contributed by atoms with Gasteiger partial charge >= 0.3 is 0 Å². The van der Waals surface area contributed by atoms with E-state index in [9.17, 15) is 4.39 Å². The van der Waals surface area contributed by atoms with Crippen LogP contribution in [-0.4, -0.2) is 6.54 Å². The maximum atomic E-state index is 14.1. The van der Waals surface area contributed by atoms with Crippen LogP contribution in [0.2, 0.25) is 0 Å². The first-order valence-corrected chi connectivity index (χ1v) is 8.85. The third-order valence-electron chi connectivity index (χ3n) is 2.67. The summed E-state index contributed by atoms with van der Waals surface area (Å²) in [5, 5.41) is 3.33. The van der Waals surface area contributed by atoms with E-state index < -0.39 is 0 Å². The van der Waals surface area contributed by atoms with Crippen LogP contribution in [0.4, 0.5) is 4.39 Å². The Hall–Kier alpha value is 0.250. The van der Waals surface area contributed by atoms with Gasteiger partial charge in [0.05, 0.1) is 13.6 Å². The molecule has 1 atom stereocenters. The van der Waals surface area contributed by atoms with E-state index >= 15 is 0 Å². The van der Waals surface area contributed by atoms with Gasteiger partial charge in [-0.25, -0.2) is 4.39 Å². The van der Waals surface area contributed by atoms with Gasteiger partial charge in [-0.3, -0.25) is 0 Å². The number of hydrogen-bond donors (Lipinski definition) is 1. The van der Waals surface area contributed by atoms with Crippen molar-refractivity contribution in [1.29, 1.82) is 0 Å². The highest BCUT2D eigenvalue weighted by molar-refractivity contribution is 9.12. The molecule has 0 saturated carbocycles. The highest BCUT2D eigenvalue weighted by Crippen LogP contribution is 2.38. The Balaban J connectivity index is 2.51. The predicted molar refractivity (Wildman–Crippen MR) is 89.3 cm³/mol. The number of hydrogen-bond acceptors (Lipinski definition) is 2. The largest absolute Gasteiger partial charge is 0.306 e. The third-order valence-corrected chi connectivity index (χ3v) is 5.55. The van der Waals surface area contributed by atoms with Gasteiger partial charge in [-0.2, -0.15) is 0 Å². The van der Waals surface area contributed by atoms with E-state index in [0.29, 0.717) is 5.56 Å². The summed E-state index contributed by atoms with van der Waals surface area (Å²) >= 11 is 12.0. The van der Waals surface area contributed by atoms with E-state index in [-0.39, 0.29) is 11.9 Å². The average Bonchev–Trinajstić information content (AvgIpc) is 2.69. The van der Waals surface area contributed by atoms with Crippen molar-refractivity contribution in [2.75, 3.05) is 6.54 Å². The lowest BCUT2D eigenvalue weighted by molar-refractivity contribution is 0.558. The minimum absolute atomic E-state index is 0.167. The van der Waals surface area contributed by atoms with E-state index in [1.54, 1.807) is 17.4 Å². The Kier molecular flexibility index (Phi) is 5.60. The maximum absolute atomic E-state index is 14.1. The standard InChI is InChI=1S/C13H11Br3FNS/c1-2-18-12(9-6-11(15)19-13(9)16)8-5-7(14)3-4-10(8)17/h3-6,12,18H,2H2,1H3. The Morgan fingerprint density at radius 3 is 2.53 bits per heavy atom. The highest BCUT2D eigenvalue weighted by atomic mass is 79.9. The quantitative estimate of drug-likeness (QED) is 0.587. The zero-order chi connectivity index (χ0) is 14.0. The van der Waals surface area contributed by atoms with Crippen molar-refractivity contribution >= 4 is 59.1 Å². The maximum Gasteiger partial charge on any atom is 0.128 e. The minimum Gasteiger partial charge on any atom is -0.306 e. The molecular weight excluding hydrogens is 461 g/mol. The van der Waals surface area contributed by atoms with Crippen molar-refractivity contribution in [3.8, 4) is 0 Å². The van der Waals surface area contributed by atoms with Crippen LogP contribution in [0.5, 0.6) is 0 Å². The lowest BCUT2D eigenvalue weighted by Crippen LogP contribution is -2.22. The molecule has 1 unspecified atom stereocenters. The fourth-order valence-electron chi connectivity index (χ4n) is 1.88. The number of rotatable bonds is 4. The van der Waals surface area contributed by atoms with Crippen molar-refractivity contribution < 1.29 is 4.39 Å². The van der Waals surface area contributed by atoms with Crippen LogP contribution in [-0.2, 0) is 0 Å². The average molecular weight is 472 g/mol. The molecule has 0 aliphatic heterocycles. The van der Waals surface area contributed by atoms with Crippen molar-refractivity contribution in [2.24, 2.45) is 0 Å². The van der Waals surface area contributed by atoms with E-state index in [1.807, 2.05) is 19.1 Å². The molecule has 0 aliphatic rings. The summed E-state index contributed by atoms with van der Waals surface area (Å²) in [6.45, 7) is 2.77. The molecule has 0 aliphatic carbocycles. The van der Waals surface area contributed by atoms with Crippen molar-refractivity contribution in [1.82, 2.24) is 5.32 Å². The number of halogens is 4. The second-order valence-electron chi connectivity index (χ2n) is 3.94. The molecule has 2 aromatic rings. The molecule has 6 heteroatoms. The van der Waals surface area contributed by atoms with Crippen LogP contribution >= 0.6 is 59.1 Å². The molecule has 102 valence electrons. The molecule has 0 amide bonds. The SMILES string of the molecule is CCNC(c1cc(Br)ccc1F)c1cc(Br)sc1Br. The monoisotopic (exact) mass is 469 g/mol. The fraction of sp³-hybridized carbons (Fsp3) is 0.231. The molecular formula is C13H11Br3FNS. The van der Waals surface area contributed by atoms with Gasteiger partial charge in [0, 0.05) is 10.0 Å². The molecule has 1 aromatic carbocycles. The summed E-state index contributed by atoms with van der Waals surface area (Å²) in [5.41, 5.74) is 1.68. The van der Waals surface area contributed by atoms with Gasteiger partial charge in [-0.05, 0) is 68.2 Å². The van der Waals surface area contributed by atoms with Crippen LogP contribution in [0.1, 0.15) is 24.1 Å². The molecule has 0 radical (unpaired) electrons. The summed E-state index contributed by atoms with van der Waals surface area (Å²) < 4.78 is 17.0. The summed E-state index contributed by atoms with van der Waals surface area (Å²) in [6, 6.07) is 6.86. The first-order valence-electron chi connectivity index (χ1n) is 5.66. The fourth-order valence-corrected chi connectivity index (χ4v) is 5.16. The first kappa shape index (κ1) is 15.6. The van der Waals surface area contributed by atoms with Crippen LogP contribution in [0.15, 0.2) is 36.3 Å².